The SMILES string of the molecule is CC1(Nc2nc(Cl)nc3c2cnn3C2CCC(CO[C@](C)(CO)P(O)O)O2)CCCC1. The van der Waals surface area contributed by atoms with E-state index in [0.717, 1.165) is 18.2 Å². The number of anilines is 1. The first-order chi connectivity index (χ1) is 14.7. The molecule has 12 heteroatoms. The van der Waals surface area contributed by atoms with Crippen molar-refractivity contribution in [3.8, 4) is 0 Å². The van der Waals surface area contributed by atoms with Gasteiger partial charge in [0.2, 0.25) is 13.7 Å². The van der Waals surface area contributed by atoms with Crippen LogP contribution in [0.25, 0.3) is 11.0 Å². The molecule has 10 nitrogen and oxygen atoms in total. The van der Waals surface area contributed by atoms with E-state index in [0.29, 0.717) is 24.3 Å². The summed E-state index contributed by atoms with van der Waals surface area (Å²) in [6.45, 7) is 3.30. The number of nitrogens with zero attached hydrogens (tertiary/aromatic N) is 4. The molecule has 1 saturated heterocycles. The van der Waals surface area contributed by atoms with Crippen molar-refractivity contribution in [3.05, 3.63) is 11.5 Å². The minimum Gasteiger partial charge on any atom is -0.393 e. The normalized spacial score (nSPS) is 25.4. The predicted molar refractivity (Wildman–Crippen MR) is 117 cm³/mol. The van der Waals surface area contributed by atoms with Crippen molar-refractivity contribution in [2.75, 3.05) is 18.5 Å². The molecule has 2 unspecified atom stereocenters. The quantitative estimate of drug-likeness (QED) is 0.337. The molecule has 0 aromatic carbocycles. The second kappa shape index (κ2) is 9.02. The average Bonchev–Trinajstić information content (AvgIpc) is 3.45. The van der Waals surface area contributed by atoms with Crippen LogP contribution < -0.4 is 5.32 Å². The monoisotopic (exact) mass is 473 g/mol. The maximum absolute atomic E-state index is 9.49. The van der Waals surface area contributed by atoms with Gasteiger partial charge in [-0.15, -0.1) is 0 Å². The maximum atomic E-state index is 9.49. The van der Waals surface area contributed by atoms with Crippen LogP contribution >= 0.6 is 20.0 Å². The number of ether oxygens (including phenoxy) is 2. The molecule has 1 saturated carbocycles. The van der Waals surface area contributed by atoms with Crippen molar-refractivity contribution < 1.29 is 24.4 Å². The van der Waals surface area contributed by atoms with E-state index in [4.69, 9.17) is 21.1 Å². The van der Waals surface area contributed by atoms with Gasteiger partial charge < -0.3 is 29.7 Å². The zero-order valence-electron chi connectivity index (χ0n) is 17.7. The summed E-state index contributed by atoms with van der Waals surface area (Å²) >= 11 is 6.23. The van der Waals surface area contributed by atoms with E-state index >= 15 is 0 Å². The van der Waals surface area contributed by atoms with Crippen LogP contribution in [0.5, 0.6) is 0 Å². The number of rotatable bonds is 8. The van der Waals surface area contributed by atoms with Gasteiger partial charge >= 0.3 is 0 Å². The van der Waals surface area contributed by atoms with Gasteiger partial charge in [0.05, 0.1) is 30.9 Å². The molecular weight excluding hydrogens is 445 g/mol. The van der Waals surface area contributed by atoms with E-state index in [1.54, 1.807) is 10.9 Å². The van der Waals surface area contributed by atoms with Crippen LogP contribution in [0.15, 0.2) is 6.20 Å². The second-order valence-corrected chi connectivity index (χ2v) is 10.6. The van der Waals surface area contributed by atoms with Crippen LogP contribution in [0, 0.1) is 0 Å². The standard InChI is InChI=1S/C19H29ClN5O5P/c1-18(7-3-4-8-18)24-15-13-9-21-25(16(13)23-17(20)22-15)14-6-5-12(30-14)10-29-19(2,11-26)31(27)28/h9,12,14,26-28H,3-8,10-11H2,1-2H3,(H,22,23,24)/t12?,14?,19-/m0/s1. The Hall–Kier alpha value is -1.13. The summed E-state index contributed by atoms with van der Waals surface area (Å²) in [4.78, 5) is 27.8. The highest BCUT2D eigenvalue weighted by Crippen LogP contribution is 2.43. The molecule has 2 aliphatic rings. The van der Waals surface area contributed by atoms with Crippen LogP contribution in [0.3, 0.4) is 0 Å². The predicted octanol–water partition coefficient (Wildman–Crippen LogP) is 2.92. The fraction of sp³-hybridized carbons (Fsp3) is 0.737. The lowest BCUT2D eigenvalue weighted by Crippen LogP contribution is -2.34. The highest BCUT2D eigenvalue weighted by Gasteiger charge is 2.37. The second-order valence-electron chi connectivity index (χ2n) is 8.78. The topological polar surface area (TPSA) is 135 Å². The Kier molecular flexibility index (Phi) is 6.70. The lowest BCUT2D eigenvalue weighted by Gasteiger charge is -2.29. The third kappa shape index (κ3) is 4.80. The first kappa shape index (κ1) is 23.0. The third-order valence-corrected chi connectivity index (χ3v) is 7.49. The number of halogens is 1. The number of nitrogens with one attached hydrogen (secondary N) is 1. The number of hydrogen-bond donors (Lipinski definition) is 4. The fourth-order valence-corrected chi connectivity index (χ4v) is 4.68. The lowest BCUT2D eigenvalue weighted by molar-refractivity contribution is -0.0850. The Morgan fingerprint density at radius 3 is 2.77 bits per heavy atom. The number of aliphatic hydroxyl groups is 1. The van der Waals surface area contributed by atoms with Crippen LogP contribution in [-0.2, 0) is 9.47 Å². The van der Waals surface area contributed by atoms with Gasteiger partial charge in [-0.2, -0.15) is 15.1 Å². The smallest absolute Gasteiger partial charge is 0.226 e. The molecule has 172 valence electrons. The number of aromatic nitrogens is 4. The van der Waals surface area contributed by atoms with E-state index in [2.05, 4.69) is 27.3 Å². The van der Waals surface area contributed by atoms with E-state index in [1.807, 2.05) is 0 Å². The van der Waals surface area contributed by atoms with Gasteiger partial charge in [0.1, 0.15) is 5.82 Å². The van der Waals surface area contributed by atoms with Crippen molar-refractivity contribution in [2.24, 2.45) is 0 Å². The van der Waals surface area contributed by atoms with Crippen LogP contribution in [0.4, 0.5) is 5.82 Å². The fourth-order valence-electron chi connectivity index (χ4n) is 4.20. The van der Waals surface area contributed by atoms with Gasteiger partial charge in [0.15, 0.2) is 17.2 Å². The zero-order valence-corrected chi connectivity index (χ0v) is 19.3. The third-order valence-electron chi connectivity index (χ3n) is 6.21. The van der Waals surface area contributed by atoms with E-state index < -0.39 is 20.3 Å². The number of aliphatic hydroxyl groups excluding tert-OH is 1. The Balaban J connectivity index is 1.49. The molecule has 4 rings (SSSR count). The number of fused-ring (bicyclic) bond motifs is 1. The summed E-state index contributed by atoms with van der Waals surface area (Å²) in [6, 6.07) is 0. The van der Waals surface area contributed by atoms with Gasteiger partial charge in [-0.05, 0) is 51.1 Å². The summed E-state index contributed by atoms with van der Waals surface area (Å²) < 4.78 is 13.4. The summed E-state index contributed by atoms with van der Waals surface area (Å²) in [5.74, 6) is 0.682. The molecule has 1 aliphatic carbocycles. The molecule has 0 bridgehead atoms. The molecular formula is C19H29ClN5O5P. The van der Waals surface area contributed by atoms with Crippen molar-refractivity contribution in [3.63, 3.8) is 0 Å². The average molecular weight is 474 g/mol. The first-order valence-electron chi connectivity index (χ1n) is 10.5. The summed E-state index contributed by atoms with van der Waals surface area (Å²) in [5, 5.41) is 17.0. The molecule has 2 aromatic rings. The van der Waals surface area contributed by atoms with Crippen molar-refractivity contribution in [1.29, 1.82) is 0 Å². The molecule has 3 atom stereocenters. The Morgan fingerprint density at radius 2 is 2.10 bits per heavy atom. The minimum absolute atomic E-state index is 0.0167. The van der Waals surface area contributed by atoms with Gasteiger partial charge in [0, 0.05) is 5.54 Å². The Labute approximate surface area is 186 Å². The van der Waals surface area contributed by atoms with Gasteiger partial charge in [-0.25, -0.2) is 4.68 Å². The molecule has 0 radical (unpaired) electrons. The lowest BCUT2D eigenvalue weighted by atomic mass is 10.0. The Morgan fingerprint density at radius 1 is 1.35 bits per heavy atom. The van der Waals surface area contributed by atoms with Crippen LogP contribution in [0.1, 0.15) is 58.6 Å². The van der Waals surface area contributed by atoms with Crippen LogP contribution in [0.2, 0.25) is 5.28 Å². The molecule has 3 heterocycles. The molecule has 31 heavy (non-hydrogen) atoms. The molecule has 4 N–H and O–H groups in total. The highest BCUT2D eigenvalue weighted by atomic mass is 35.5. The van der Waals surface area contributed by atoms with Crippen LogP contribution in [-0.4, -0.2) is 64.8 Å². The summed E-state index contributed by atoms with van der Waals surface area (Å²) in [6.07, 6.45) is 7.03. The van der Waals surface area contributed by atoms with Gasteiger partial charge in [-0.1, -0.05) is 12.8 Å². The van der Waals surface area contributed by atoms with Crippen molar-refractivity contribution in [2.45, 2.75) is 75.6 Å². The van der Waals surface area contributed by atoms with E-state index in [-0.39, 0.29) is 29.8 Å². The molecule has 2 aromatic heterocycles. The molecule has 0 spiro atoms. The number of hydrogen-bond acceptors (Lipinski definition) is 9. The van der Waals surface area contributed by atoms with E-state index in [9.17, 15) is 14.9 Å². The maximum Gasteiger partial charge on any atom is 0.226 e. The first-order valence-corrected chi connectivity index (χ1v) is 12.1. The molecule has 1 aliphatic heterocycles. The molecule has 2 fully saturated rings. The van der Waals surface area contributed by atoms with Crippen molar-refractivity contribution >= 4 is 36.8 Å². The van der Waals surface area contributed by atoms with Gasteiger partial charge in [-0.3, -0.25) is 0 Å². The Bertz CT molecular complexity index is 924. The van der Waals surface area contributed by atoms with Crippen molar-refractivity contribution in [1.82, 2.24) is 19.7 Å². The molecule has 0 amide bonds. The van der Waals surface area contributed by atoms with E-state index in [1.165, 1.54) is 19.8 Å². The summed E-state index contributed by atoms with van der Waals surface area (Å²) in [5.41, 5.74) is 0.585. The highest BCUT2D eigenvalue weighted by molar-refractivity contribution is 7.46. The van der Waals surface area contributed by atoms with Gasteiger partial charge in [0.25, 0.3) is 0 Å². The summed E-state index contributed by atoms with van der Waals surface area (Å²) in [7, 11) is -2.44. The zero-order chi connectivity index (χ0) is 22.2. The minimum atomic E-state index is -2.44. The largest absolute Gasteiger partial charge is 0.393 e.